The van der Waals surface area contributed by atoms with Crippen molar-refractivity contribution in [3.05, 3.63) is 41.1 Å². The van der Waals surface area contributed by atoms with E-state index >= 15 is 0 Å². The first-order chi connectivity index (χ1) is 15.1. The maximum Gasteiger partial charge on any atom is 0.220 e. The molecule has 2 aliphatic heterocycles. The molecular formula is C23H27IN4O2S. The number of fused-ring (bicyclic) bond motifs is 1. The second kappa shape index (κ2) is 9.94. The van der Waals surface area contributed by atoms with Crippen molar-refractivity contribution in [1.29, 1.82) is 5.26 Å². The van der Waals surface area contributed by atoms with Crippen molar-refractivity contribution >= 4 is 52.7 Å². The minimum atomic E-state index is -0.226. The van der Waals surface area contributed by atoms with Gasteiger partial charge in [-0.25, -0.2) is 0 Å². The lowest BCUT2D eigenvalue weighted by molar-refractivity contribution is 0.0115. The summed E-state index contributed by atoms with van der Waals surface area (Å²) < 4.78 is 7.45. The van der Waals surface area contributed by atoms with Crippen molar-refractivity contribution in [1.82, 2.24) is 8.87 Å². The zero-order valence-corrected chi connectivity index (χ0v) is 20.9. The summed E-state index contributed by atoms with van der Waals surface area (Å²) in [6, 6.07) is 8.95. The molecule has 2 saturated heterocycles. The lowest BCUT2D eigenvalue weighted by Gasteiger charge is -2.41. The first kappa shape index (κ1) is 22.6. The van der Waals surface area contributed by atoms with Crippen LogP contribution in [0.1, 0.15) is 35.8 Å². The van der Waals surface area contributed by atoms with Crippen LogP contribution in [0.2, 0.25) is 0 Å². The lowest BCUT2D eigenvalue weighted by atomic mass is 10.0. The highest BCUT2D eigenvalue weighted by Gasteiger charge is 2.27. The Kier molecular flexibility index (Phi) is 7.26. The SMILES string of the molecule is C/C=C(\C#N)C(=O)c1cc2cc(C)c(N3CCC(N4CCOCC4)CC3)cc2n1SI. The largest absolute Gasteiger partial charge is 0.379 e. The number of nitriles is 1. The minimum absolute atomic E-state index is 0.177. The van der Waals surface area contributed by atoms with Gasteiger partial charge in [-0.2, -0.15) is 5.26 Å². The molecule has 0 saturated carbocycles. The number of aryl methyl sites for hydroxylation is 1. The molecule has 2 aliphatic rings. The number of nitrogens with zero attached hydrogens (tertiary/aromatic N) is 4. The van der Waals surface area contributed by atoms with Crippen LogP contribution in [0.25, 0.3) is 10.9 Å². The molecule has 0 amide bonds. The van der Waals surface area contributed by atoms with Crippen LogP contribution in [-0.2, 0) is 4.74 Å². The number of morpholine rings is 1. The van der Waals surface area contributed by atoms with E-state index in [9.17, 15) is 10.1 Å². The molecule has 0 spiro atoms. The number of carbonyl (C=O) groups is 1. The fourth-order valence-electron chi connectivity index (χ4n) is 4.71. The van der Waals surface area contributed by atoms with Crippen molar-refractivity contribution in [2.45, 2.75) is 32.7 Å². The summed E-state index contributed by atoms with van der Waals surface area (Å²) in [5, 5.41) is 10.3. The van der Waals surface area contributed by atoms with E-state index in [4.69, 9.17) is 4.74 Å². The summed E-state index contributed by atoms with van der Waals surface area (Å²) in [5.74, 6) is -0.226. The van der Waals surface area contributed by atoms with E-state index < -0.39 is 0 Å². The van der Waals surface area contributed by atoms with Crippen molar-refractivity contribution in [3.63, 3.8) is 0 Å². The number of ketones is 1. The fraction of sp³-hybridized carbons (Fsp3) is 0.478. The molecule has 2 aromatic rings. The Labute approximate surface area is 199 Å². The van der Waals surface area contributed by atoms with Crippen LogP contribution in [0.4, 0.5) is 5.69 Å². The number of piperidine rings is 1. The summed E-state index contributed by atoms with van der Waals surface area (Å²) in [6.07, 6.45) is 3.91. The minimum Gasteiger partial charge on any atom is -0.379 e. The van der Waals surface area contributed by atoms with Gasteiger partial charge in [-0.3, -0.25) is 13.7 Å². The number of hydrogen-bond acceptors (Lipinski definition) is 6. The van der Waals surface area contributed by atoms with E-state index in [1.807, 2.05) is 16.1 Å². The molecule has 0 aliphatic carbocycles. The van der Waals surface area contributed by atoms with Gasteiger partial charge in [0.05, 0.1) is 24.3 Å². The Hall–Kier alpha value is -1.54. The standard InChI is InChI=1S/C23H27IN4O2S/c1-3-17(15-25)23(29)22-13-18-12-16(2)20(14-21(18)28(22)31-24)27-6-4-19(5-7-27)26-8-10-30-11-9-26/h3,12-14,19H,4-11H2,1-2H3/b17-3+. The summed E-state index contributed by atoms with van der Waals surface area (Å²) in [4.78, 5) is 17.9. The van der Waals surface area contributed by atoms with E-state index in [1.165, 1.54) is 20.4 Å². The number of ether oxygens (including phenoxy) is 1. The van der Waals surface area contributed by atoms with E-state index in [0.29, 0.717) is 11.7 Å². The van der Waals surface area contributed by atoms with E-state index in [-0.39, 0.29) is 11.4 Å². The molecular weight excluding hydrogens is 523 g/mol. The van der Waals surface area contributed by atoms with Crippen molar-refractivity contribution in [3.8, 4) is 6.07 Å². The molecule has 1 aromatic carbocycles. The molecule has 4 rings (SSSR count). The van der Waals surface area contributed by atoms with Gasteiger partial charge < -0.3 is 9.64 Å². The van der Waals surface area contributed by atoms with Crippen LogP contribution in [0.5, 0.6) is 0 Å². The number of Topliss-reactive ketones (excluding diaryl/α,β-unsaturated/α-hetero) is 1. The number of anilines is 1. The molecule has 164 valence electrons. The van der Waals surface area contributed by atoms with Gasteiger partial charge in [0.25, 0.3) is 0 Å². The maximum atomic E-state index is 12.9. The summed E-state index contributed by atoms with van der Waals surface area (Å²) in [6.45, 7) is 9.73. The molecule has 0 N–H and O–H groups in total. The number of rotatable bonds is 5. The van der Waals surface area contributed by atoms with Gasteiger partial charge in [0.2, 0.25) is 5.78 Å². The maximum absolute atomic E-state index is 12.9. The second-order valence-corrected chi connectivity index (χ2v) is 9.79. The fourth-order valence-corrected chi connectivity index (χ4v) is 6.42. The van der Waals surface area contributed by atoms with Gasteiger partial charge in [-0.15, -0.1) is 0 Å². The Morgan fingerprint density at radius 3 is 2.55 bits per heavy atom. The topological polar surface area (TPSA) is 61.5 Å². The predicted octanol–water partition coefficient (Wildman–Crippen LogP) is 4.75. The van der Waals surface area contributed by atoms with Gasteiger partial charge in [0.15, 0.2) is 0 Å². The third kappa shape index (κ3) is 4.51. The lowest BCUT2D eigenvalue weighted by Crippen LogP contribution is -2.49. The molecule has 0 atom stereocenters. The van der Waals surface area contributed by atoms with Gasteiger partial charge in [0.1, 0.15) is 11.8 Å². The third-order valence-corrected chi connectivity index (χ3v) is 8.11. The molecule has 1 aromatic heterocycles. The van der Waals surface area contributed by atoms with Crippen LogP contribution in [0.3, 0.4) is 0 Å². The molecule has 8 heteroatoms. The molecule has 0 unspecified atom stereocenters. The second-order valence-electron chi connectivity index (χ2n) is 8.10. The Balaban J connectivity index is 1.60. The Bertz CT molecular complexity index is 1040. The van der Waals surface area contributed by atoms with Crippen LogP contribution >= 0.6 is 30.3 Å². The van der Waals surface area contributed by atoms with Crippen LogP contribution in [0.15, 0.2) is 29.8 Å². The highest BCUT2D eigenvalue weighted by molar-refractivity contribution is 14.2. The zero-order chi connectivity index (χ0) is 22.0. The molecule has 31 heavy (non-hydrogen) atoms. The number of aromatic nitrogens is 1. The molecule has 2 fully saturated rings. The predicted molar refractivity (Wildman–Crippen MR) is 135 cm³/mol. The van der Waals surface area contributed by atoms with E-state index in [2.05, 4.69) is 50.1 Å². The summed E-state index contributed by atoms with van der Waals surface area (Å²) in [7, 11) is 1.47. The van der Waals surface area contributed by atoms with Crippen molar-refractivity contribution in [2.24, 2.45) is 0 Å². The average molecular weight is 550 g/mol. The molecule has 0 bridgehead atoms. The summed E-state index contributed by atoms with van der Waals surface area (Å²) in [5.41, 5.74) is 4.21. The van der Waals surface area contributed by atoms with E-state index in [0.717, 1.165) is 63.1 Å². The monoisotopic (exact) mass is 550 g/mol. The van der Waals surface area contributed by atoms with Crippen molar-refractivity contribution < 1.29 is 9.53 Å². The molecule has 0 radical (unpaired) electrons. The average Bonchev–Trinajstić information content (AvgIpc) is 3.17. The zero-order valence-electron chi connectivity index (χ0n) is 17.9. The Morgan fingerprint density at radius 1 is 1.23 bits per heavy atom. The summed E-state index contributed by atoms with van der Waals surface area (Å²) >= 11 is 2.20. The van der Waals surface area contributed by atoms with Crippen LogP contribution in [-0.4, -0.2) is 60.1 Å². The highest BCUT2D eigenvalue weighted by atomic mass is 127. The van der Waals surface area contributed by atoms with Gasteiger partial charge in [0, 0.05) is 73.6 Å². The number of halogens is 1. The van der Waals surface area contributed by atoms with Gasteiger partial charge >= 0.3 is 0 Å². The van der Waals surface area contributed by atoms with Gasteiger partial charge in [-0.1, -0.05) is 6.08 Å². The molecule has 6 nitrogen and oxygen atoms in total. The molecule has 3 heterocycles. The smallest absolute Gasteiger partial charge is 0.220 e. The Morgan fingerprint density at radius 2 is 1.94 bits per heavy atom. The third-order valence-electron chi connectivity index (χ3n) is 6.40. The number of carbonyl (C=O) groups excluding carboxylic acids is 1. The first-order valence-electron chi connectivity index (χ1n) is 10.7. The van der Waals surface area contributed by atoms with Crippen LogP contribution < -0.4 is 4.90 Å². The number of hydrogen-bond donors (Lipinski definition) is 0. The van der Waals surface area contributed by atoms with Gasteiger partial charge in [-0.05, 0) is 50.5 Å². The highest BCUT2D eigenvalue weighted by Crippen LogP contribution is 2.35. The van der Waals surface area contributed by atoms with Crippen molar-refractivity contribution in [2.75, 3.05) is 44.3 Å². The normalized spacial score (nSPS) is 19.0. The number of allylic oxidation sites excluding steroid dienone is 2. The quantitative estimate of drug-likeness (QED) is 0.232. The van der Waals surface area contributed by atoms with E-state index in [1.54, 1.807) is 13.0 Å². The number of benzene rings is 1. The van der Waals surface area contributed by atoms with Crippen LogP contribution in [0, 0.1) is 18.3 Å². The first-order valence-corrected chi connectivity index (χ1v) is 14.0.